The van der Waals surface area contributed by atoms with Crippen molar-refractivity contribution >= 4 is 11.9 Å². The molecule has 1 aliphatic rings. The van der Waals surface area contributed by atoms with E-state index in [0.717, 1.165) is 12.2 Å². The van der Waals surface area contributed by atoms with Crippen molar-refractivity contribution in [3.63, 3.8) is 0 Å². The van der Waals surface area contributed by atoms with Gasteiger partial charge in [-0.25, -0.2) is 4.79 Å². The highest BCUT2D eigenvalue weighted by molar-refractivity contribution is 5.93. The zero-order valence-electron chi connectivity index (χ0n) is 16.4. The Balaban J connectivity index is 1.45. The minimum Gasteiger partial charge on any atom is -0.491 e. The highest BCUT2D eigenvalue weighted by Crippen LogP contribution is 2.12. The molecule has 7 nitrogen and oxygen atoms in total. The molecule has 1 saturated heterocycles. The molecule has 1 aromatic heterocycles. The van der Waals surface area contributed by atoms with Crippen LogP contribution >= 0.6 is 0 Å². The quantitative estimate of drug-likeness (QED) is 0.859. The van der Waals surface area contributed by atoms with Gasteiger partial charge in [0.2, 0.25) is 0 Å². The van der Waals surface area contributed by atoms with E-state index < -0.39 is 0 Å². The van der Waals surface area contributed by atoms with Crippen LogP contribution in [0.15, 0.2) is 47.3 Å². The van der Waals surface area contributed by atoms with Gasteiger partial charge in [0.05, 0.1) is 17.9 Å². The summed E-state index contributed by atoms with van der Waals surface area (Å²) in [6.07, 6.45) is 3.68. The summed E-state index contributed by atoms with van der Waals surface area (Å²) in [4.78, 5) is 28.5. The largest absolute Gasteiger partial charge is 0.491 e. The standard InChI is InChI=1S/C21H27N3O4/c1-16-4-6-19(7-5-16)28-14-17(2)22-21(26)24-10-3-9-23(11-12-24)20(25)18-8-13-27-15-18/h4-8,13,15,17H,3,9-12,14H2,1-2H3,(H,22,26). The fourth-order valence-electron chi connectivity index (χ4n) is 3.09. The van der Waals surface area contributed by atoms with E-state index in [9.17, 15) is 9.59 Å². The molecule has 1 fully saturated rings. The Hall–Kier alpha value is -2.96. The van der Waals surface area contributed by atoms with Gasteiger partial charge in [0.1, 0.15) is 18.6 Å². The molecule has 1 N–H and O–H groups in total. The zero-order chi connectivity index (χ0) is 19.9. The van der Waals surface area contributed by atoms with Crippen LogP contribution in [-0.2, 0) is 0 Å². The lowest BCUT2D eigenvalue weighted by Gasteiger charge is -2.24. The minimum absolute atomic E-state index is 0.0594. The molecule has 1 aromatic carbocycles. The molecule has 2 aromatic rings. The highest BCUT2D eigenvalue weighted by Gasteiger charge is 2.24. The third kappa shape index (κ3) is 5.28. The number of aryl methyl sites for hydroxylation is 1. The van der Waals surface area contributed by atoms with Crippen molar-refractivity contribution in [2.45, 2.75) is 26.3 Å². The van der Waals surface area contributed by atoms with E-state index in [4.69, 9.17) is 9.15 Å². The van der Waals surface area contributed by atoms with Crippen LogP contribution in [0.3, 0.4) is 0 Å². The van der Waals surface area contributed by atoms with Gasteiger partial charge in [0.25, 0.3) is 5.91 Å². The summed E-state index contributed by atoms with van der Waals surface area (Å²) < 4.78 is 10.7. The molecule has 150 valence electrons. The summed E-state index contributed by atoms with van der Waals surface area (Å²) >= 11 is 0. The van der Waals surface area contributed by atoms with Gasteiger partial charge < -0.3 is 24.3 Å². The topological polar surface area (TPSA) is 75.0 Å². The van der Waals surface area contributed by atoms with Crippen LogP contribution in [0.1, 0.15) is 29.3 Å². The minimum atomic E-state index is -0.127. The first-order chi connectivity index (χ1) is 13.5. The highest BCUT2D eigenvalue weighted by atomic mass is 16.5. The third-order valence-corrected chi connectivity index (χ3v) is 4.73. The Kier molecular flexibility index (Phi) is 6.57. The van der Waals surface area contributed by atoms with Gasteiger partial charge in [-0.1, -0.05) is 17.7 Å². The zero-order valence-corrected chi connectivity index (χ0v) is 16.4. The maximum absolute atomic E-state index is 12.6. The monoisotopic (exact) mass is 385 g/mol. The average Bonchev–Trinajstić information content (AvgIpc) is 3.11. The number of hydrogen-bond acceptors (Lipinski definition) is 4. The lowest BCUT2D eigenvalue weighted by atomic mass is 10.2. The van der Waals surface area contributed by atoms with Crippen molar-refractivity contribution in [2.24, 2.45) is 0 Å². The molecule has 1 aliphatic heterocycles. The van der Waals surface area contributed by atoms with Gasteiger partial charge in [-0.2, -0.15) is 0 Å². The molecular weight excluding hydrogens is 358 g/mol. The van der Waals surface area contributed by atoms with E-state index in [1.54, 1.807) is 15.9 Å². The maximum Gasteiger partial charge on any atom is 0.317 e. The van der Waals surface area contributed by atoms with Crippen LogP contribution in [0, 0.1) is 6.92 Å². The fourth-order valence-corrected chi connectivity index (χ4v) is 3.09. The van der Waals surface area contributed by atoms with Crippen LogP contribution in [0.25, 0.3) is 0 Å². The summed E-state index contributed by atoms with van der Waals surface area (Å²) in [7, 11) is 0. The molecule has 3 amide bonds. The lowest BCUT2D eigenvalue weighted by Crippen LogP contribution is -2.47. The number of nitrogens with zero attached hydrogens (tertiary/aromatic N) is 2. The average molecular weight is 385 g/mol. The number of amides is 3. The van der Waals surface area contributed by atoms with Gasteiger partial charge in [-0.15, -0.1) is 0 Å². The van der Waals surface area contributed by atoms with E-state index in [-0.39, 0.29) is 18.0 Å². The van der Waals surface area contributed by atoms with E-state index >= 15 is 0 Å². The van der Waals surface area contributed by atoms with Crippen molar-refractivity contribution in [1.82, 2.24) is 15.1 Å². The number of hydrogen-bond donors (Lipinski definition) is 1. The molecule has 3 rings (SSSR count). The molecule has 0 bridgehead atoms. The second kappa shape index (κ2) is 9.30. The summed E-state index contributed by atoms with van der Waals surface area (Å²) in [6, 6.07) is 9.24. The number of carbonyl (C=O) groups excluding carboxylic acids is 2. The first kappa shape index (κ1) is 19.8. The molecular formula is C21H27N3O4. The molecule has 1 atom stereocenters. The Morgan fingerprint density at radius 1 is 1.11 bits per heavy atom. The van der Waals surface area contributed by atoms with Gasteiger partial charge >= 0.3 is 6.03 Å². The van der Waals surface area contributed by atoms with Gasteiger partial charge in [-0.05, 0) is 38.5 Å². The Labute approximate surface area is 165 Å². The molecule has 0 spiro atoms. The summed E-state index contributed by atoms with van der Waals surface area (Å²) in [6.45, 7) is 6.59. The number of ether oxygens (including phenoxy) is 1. The van der Waals surface area contributed by atoms with Crippen molar-refractivity contribution in [2.75, 3.05) is 32.8 Å². The van der Waals surface area contributed by atoms with Gasteiger partial charge in [-0.3, -0.25) is 4.79 Å². The van der Waals surface area contributed by atoms with Crippen molar-refractivity contribution in [1.29, 1.82) is 0 Å². The fraction of sp³-hybridized carbons (Fsp3) is 0.429. The van der Waals surface area contributed by atoms with Crippen LogP contribution < -0.4 is 10.1 Å². The lowest BCUT2D eigenvalue weighted by molar-refractivity contribution is 0.0761. The van der Waals surface area contributed by atoms with E-state index in [1.807, 2.05) is 38.1 Å². The van der Waals surface area contributed by atoms with Crippen molar-refractivity contribution in [3.8, 4) is 5.75 Å². The van der Waals surface area contributed by atoms with Crippen LogP contribution in [0.5, 0.6) is 5.75 Å². The normalized spacial score (nSPS) is 15.6. The number of carbonyl (C=O) groups is 2. The van der Waals surface area contributed by atoms with E-state index in [0.29, 0.717) is 38.3 Å². The SMILES string of the molecule is Cc1ccc(OCC(C)NC(=O)N2CCCN(C(=O)c3ccoc3)CC2)cc1. The van der Waals surface area contributed by atoms with E-state index in [2.05, 4.69) is 5.32 Å². The van der Waals surface area contributed by atoms with Gasteiger partial charge in [0, 0.05) is 26.2 Å². The third-order valence-electron chi connectivity index (χ3n) is 4.73. The van der Waals surface area contributed by atoms with Crippen molar-refractivity contribution in [3.05, 3.63) is 54.0 Å². The predicted molar refractivity (Wildman–Crippen MR) is 105 cm³/mol. The Morgan fingerprint density at radius 2 is 1.82 bits per heavy atom. The number of urea groups is 1. The molecule has 1 unspecified atom stereocenters. The summed E-state index contributed by atoms with van der Waals surface area (Å²) in [5, 5.41) is 2.97. The molecule has 0 radical (unpaired) electrons. The number of nitrogens with one attached hydrogen (secondary N) is 1. The van der Waals surface area contributed by atoms with E-state index in [1.165, 1.54) is 18.1 Å². The van der Waals surface area contributed by atoms with Crippen LogP contribution in [0.2, 0.25) is 0 Å². The second-order valence-electron chi connectivity index (χ2n) is 7.12. The number of rotatable bonds is 5. The molecule has 7 heteroatoms. The molecule has 0 aliphatic carbocycles. The molecule has 2 heterocycles. The number of benzene rings is 1. The molecule has 28 heavy (non-hydrogen) atoms. The number of furan rings is 1. The summed E-state index contributed by atoms with van der Waals surface area (Å²) in [5.74, 6) is 0.728. The first-order valence-electron chi connectivity index (χ1n) is 9.59. The van der Waals surface area contributed by atoms with Crippen LogP contribution in [0.4, 0.5) is 4.79 Å². The molecule has 0 saturated carbocycles. The summed E-state index contributed by atoms with van der Waals surface area (Å²) in [5.41, 5.74) is 1.72. The van der Waals surface area contributed by atoms with Crippen LogP contribution in [-0.4, -0.2) is 60.6 Å². The van der Waals surface area contributed by atoms with Crippen molar-refractivity contribution < 1.29 is 18.7 Å². The van der Waals surface area contributed by atoms with Gasteiger partial charge in [0.15, 0.2) is 0 Å². The second-order valence-corrected chi connectivity index (χ2v) is 7.12. The predicted octanol–water partition coefficient (Wildman–Crippen LogP) is 2.91. The first-order valence-corrected chi connectivity index (χ1v) is 9.59. The Bertz CT molecular complexity index is 773. The maximum atomic E-state index is 12.6. The smallest absolute Gasteiger partial charge is 0.317 e. The Morgan fingerprint density at radius 3 is 2.54 bits per heavy atom.